The number of fused-ring (bicyclic) bond motifs is 1. The first-order valence-corrected chi connectivity index (χ1v) is 8.07. The molecule has 0 amide bonds. The fourth-order valence-corrected chi connectivity index (χ4v) is 3.29. The van der Waals surface area contributed by atoms with E-state index in [2.05, 4.69) is 28.3 Å². The van der Waals surface area contributed by atoms with Crippen LogP contribution in [0, 0.1) is 0 Å². The molecule has 1 aliphatic heterocycles. The monoisotopic (exact) mass is 362 g/mol. The highest BCUT2D eigenvalue weighted by Crippen LogP contribution is 2.28. The van der Waals surface area contributed by atoms with Gasteiger partial charge in [0.2, 0.25) is 0 Å². The Labute approximate surface area is 152 Å². The fraction of sp³-hybridized carbons (Fsp3) is 0.333. The van der Waals surface area contributed by atoms with Gasteiger partial charge in [-0.2, -0.15) is 0 Å². The van der Waals surface area contributed by atoms with E-state index in [-0.39, 0.29) is 23.6 Å². The van der Waals surface area contributed by atoms with E-state index in [9.17, 15) is 5.11 Å². The molecule has 0 saturated carbocycles. The lowest BCUT2D eigenvalue weighted by molar-refractivity contribution is 0.371. The molecule has 4 rings (SSSR count). The molecule has 6 nitrogen and oxygen atoms in total. The molecule has 1 saturated heterocycles. The molecule has 5 N–H and O–H groups in total. The van der Waals surface area contributed by atoms with Crippen molar-refractivity contribution >= 4 is 23.4 Å². The number of nitrogens with zero attached hydrogens (tertiary/aromatic N) is 2. The van der Waals surface area contributed by atoms with Gasteiger partial charge in [0.05, 0.1) is 17.2 Å². The molecule has 1 aliphatic rings. The topological polar surface area (TPSA) is 105 Å². The minimum Gasteiger partial charge on any atom is -0.508 e. The Balaban J connectivity index is 0.00000113. The highest BCUT2D eigenvalue weighted by Gasteiger charge is 2.22. The number of hydrogen-bond acceptors (Lipinski definition) is 4. The van der Waals surface area contributed by atoms with Crippen LogP contribution in [-0.4, -0.2) is 38.1 Å². The Morgan fingerprint density at radius 3 is 2.68 bits per heavy atom. The molecule has 25 heavy (non-hydrogen) atoms. The molecular weight excluding hydrogens is 340 g/mol. The van der Waals surface area contributed by atoms with Crippen LogP contribution < -0.4 is 5.32 Å². The number of hydrogen-bond donors (Lipinski definition) is 3. The van der Waals surface area contributed by atoms with Crippen molar-refractivity contribution in [3.05, 3.63) is 42.4 Å². The molecule has 3 aromatic rings. The lowest BCUT2D eigenvalue weighted by Crippen LogP contribution is -2.35. The number of aromatic nitrogens is 3. The zero-order chi connectivity index (χ0) is 15.8. The molecule has 2 atom stereocenters. The highest BCUT2D eigenvalue weighted by molar-refractivity contribution is 5.85. The Kier molecular flexibility index (Phi) is 6.00. The van der Waals surface area contributed by atoms with Gasteiger partial charge in [0.15, 0.2) is 0 Å². The van der Waals surface area contributed by atoms with Gasteiger partial charge >= 0.3 is 0 Å². The van der Waals surface area contributed by atoms with E-state index in [0.29, 0.717) is 12.0 Å². The van der Waals surface area contributed by atoms with E-state index in [1.54, 1.807) is 12.1 Å². The van der Waals surface area contributed by atoms with Crippen LogP contribution in [0.4, 0.5) is 0 Å². The van der Waals surface area contributed by atoms with Crippen LogP contribution >= 0.6 is 12.4 Å². The summed E-state index contributed by atoms with van der Waals surface area (Å²) in [4.78, 5) is 12.7. The van der Waals surface area contributed by atoms with Crippen molar-refractivity contribution in [2.24, 2.45) is 0 Å². The largest absolute Gasteiger partial charge is 0.508 e. The van der Waals surface area contributed by atoms with Crippen molar-refractivity contribution in [1.29, 1.82) is 0 Å². The second-order valence-corrected chi connectivity index (χ2v) is 6.33. The molecule has 0 bridgehead atoms. The summed E-state index contributed by atoms with van der Waals surface area (Å²) in [6.45, 7) is 3.24. The maximum atomic E-state index is 9.41. The number of piperidine rings is 1. The molecule has 2 aromatic heterocycles. The number of nitrogens with one attached hydrogen (secondary N) is 2. The minimum absolute atomic E-state index is 0. The number of phenols is 1. The summed E-state index contributed by atoms with van der Waals surface area (Å²) in [6.07, 6.45) is 4.06. The Morgan fingerprint density at radius 2 is 1.96 bits per heavy atom. The van der Waals surface area contributed by atoms with E-state index in [0.717, 1.165) is 47.5 Å². The fourth-order valence-electron chi connectivity index (χ4n) is 3.29. The van der Waals surface area contributed by atoms with Crippen LogP contribution in [0.3, 0.4) is 0 Å². The van der Waals surface area contributed by atoms with E-state index in [1.807, 2.05) is 18.3 Å². The molecule has 0 aliphatic carbocycles. The van der Waals surface area contributed by atoms with Crippen molar-refractivity contribution in [2.45, 2.75) is 31.7 Å². The summed E-state index contributed by atoms with van der Waals surface area (Å²) < 4.78 is 0. The van der Waals surface area contributed by atoms with Gasteiger partial charge < -0.3 is 20.9 Å². The molecule has 3 heterocycles. The van der Waals surface area contributed by atoms with Gasteiger partial charge in [-0.05, 0) is 62.2 Å². The highest BCUT2D eigenvalue weighted by atomic mass is 35.5. The van der Waals surface area contributed by atoms with E-state index >= 15 is 0 Å². The van der Waals surface area contributed by atoms with Crippen molar-refractivity contribution < 1.29 is 10.6 Å². The summed E-state index contributed by atoms with van der Waals surface area (Å²) in [7, 11) is 0. The third-order valence-electron chi connectivity index (χ3n) is 4.55. The molecule has 0 spiro atoms. The first kappa shape index (κ1) is 19.2. The molecule has 0 radical (unpaired) electrons. The van der Waals surface area contributed by atoms with Gasteiger partial charge in [0.25, 0.3) is 0 Å². The van der Waals surface area contributed by atoms with Crippen molar-refractivity contribution in [3.63, 3.8) is 0 Å². The van der Waals surface area contributed by atoms with Crippen LogP contribution in [0.2, 0.25) is 0 Å². The average Bonchev–Trinajstić information content (AvgIpc) is 2.98. The number of halogens is 1. The summed E-state index contributed by atoms with van der Waals surface area (Å²) in [5.41, 5.74) is 3.91. The number of phenolic OH excluding ortho intramolecular Hbond substituents is 1. The second-order valence-electron chi connectivity index (χ2n) is 6.33. The Morgan fingerprint density at radius 1 is 1.20 bits per heavy atom. The SMILES string of the molecule is CC1CC(c2ncc3[nH]c(-c4ccc(O)cc4)cc3n2)CCN1.Cl.O. The molecule has 1 aromatic carbocycles. The molecule has 134 valence electrons. The zero-order valence-corrected chi connectivity index (χ0v) is 14.8. The van der Waals surface area contributed by atoms with Crippen LogP contribution in [0.5, 0.6) is 5.75 Å². The van der Waals surface area contributed by atoms with Crippen molar-refractivity contribution in [3.8, 4) is 17.0 Å². The van der Waals surface area contributed by atoms with Crippen LogP contribution in [0.1, 0.15) is 31.5 Å². The van der Waals surface area contributed by atoms with Gasteiger partial charge in [-0.1, -0.05) is 0 Å². The summed E-state index contributed by atoms with van der Waals surface area (Å²) >= 11 is 0. The predicted molar refractivity (Wildman–Crippen MR) is 101 cm³/mol. The Hall–Kier alpha value is -2.15. The lowest BCUT2D eigenvalue weighted by atomic mass is 9.92. The number of rotatable bonds is 2. The standard InChI is InChI=1S/C18H20N4O.ClH.H2O/c1-11-8-13(6-7-19-11)18-20-10-17-16(22-18)9-15(21-17)12-2-4-14(23)5-3-12;;/h2-5,9-11,13,19,21,23H,6-8H2,1H3;1H;1H2. The zero-order valence-electron chi connectivity index (χ0n) is 14.0. The molecule has 2 unspecified atom stereocenters. The summed E-state index contributed by atoms with van der Waals surface area (Å²) in [6, 6.07) is 9.73. The summed E-state index contributed by atoms with van der Waals surface area (Å²) in [5, 5.41) is 12.9. The van der Waals surface area contributed by atoms with Crippen LogP contribution in [0.25, 0.3) is 22.3 Å². The minimum atomic E-state index is 0. The average molecular weight is 363 g/mol. The first-order chi connectivity index (χ1) is 11.2. The van der Waals surface area contributed by atoms with Gasteiger partial charge in [0.1, 0.15) is 11.6 Å². The van der Waals surface area contributed by atoms with E-state index < -0.39 is 0 Å². The normalized spacial score (nSPS) is 19.9. The number of aromatic amines is 1. The van der Waals surface area contributed by atoms with Gasteiger partial charge in [-0.25, -0.2) is 9.97 Å². The molecular formula is C18H23ClN4O2. The summed E-state index contributed by atoms with van der Waals surface area (Å²) in [5.74, 6) is 1.65. The third kappa shape index (κ3) is 3.92. The maximum Gasteiger partial charge on any atom is 0.132 e. The molecule has 7 heteroatoms. The maximum absolute atomic E-state index is 9.41. The van der Waals surface area contributed by atoms with E-state index in [4.69, 9.17) is 4.98 Å². The van der Waals surface area contributed by atoms with Crippen LogP contribution in [0.15, 0.2) is 36.5 Å². The number of benzene rings is 1. The van der Waals surface area contributed by atoms with E-state index in [1.165, 1.54) is 0 Å². The van der Waals surface area contributed by atoms with Gasteiger partial charge in [-0.15, -0.1) is 12.4 Å². The van der Waals surface area contributed by atoms with Crippen molar-refractivity contribution in [1.82, 2.24) is 20.3 Å². The quantitative estimate of drug-likeness (QED) is 0.651. The van der Waals surface area contributed by atoms with Gasteiger partial charge in [0, 0.05) is 17.7 Å². The predicted octanol–water partition coefficient (Wildman–Crippen LogP) is 2.78. The smallest absolute Gasteiger partial charge is 0.132 e. The second kappa shape index (κ2) is 7.82. The Bertz CT molecular complexity index is 835. The van der Waals surface area contributed by atoms with Crippen molar-refractivity contribution in [2.75, 3.05) is 6.54 Å². The van der Waals surface area contributed by atoms with Gasteiger partial charge in [-0.3, -0.25) is 0 Å². The number of H-pyrrole nitrogens is 1. The van der Waals surface area contributed by atoms with Crippen LogP contribution in [-0.2, 0) is 0 Å². The number of aromatic hydroxyl groups is 1. The lowest BCUT2D eigenvalue weighted by Gasteiger charge is -2.26. The molecule has 1 fully saturated rings. The first-order valence-electron chi connectivity index (χ1n) is 8.07. The third-order valence-corrected chi connectivity index (χ3v) is 4.55.